The fourth-order valence-corrected chi connectivity index (χ4v) is 2.67. The molecule has 0 radical (unpaired) electrons. The van der Waals surface area contributed by atoms with Gasteiger partial charge >= 0.3 is 5.69 Å². The highest BCUT2D eigenvalue weighted by molar-refractivity contribution is 6.22. The Hall–Kier alpha value is -2.20. The third-order valence-electron chi connectivity index (χ3n) is 3.56. The third-order valence-corrected chi connectivity index (χ3v) is 4.06. The SMILES string of the molecule is COc1cc(C(Cl)c2ccc3[nH]c(=O)[nH]c3c2)ccc1C. The molecule has 0 amide bonds. The number of halogens is 1. The number of ether oxygens (including phenoxy) is 1. The molecule has 2 aromatic carbocycles. The monoisotopic (exact) mass is 302 g/mol. The van der Waals surface area contributed by atoms with E-state index in [2.05, 4.69) is 9.97 Å². The first-order chi connectivity index (χ1) is 10.1. The second-order valence-corrected chi connectivity index (χ2v) is 5.41. The maximum Gasteiger partial charge on any atom is 0.323 e. The van der Waals surface area contributed by atoms with Crippen LogP contribution in [0.4, 0.5) is 0 Å². The fourth-order valence-electron chi connectivity index (χ4n) is 2.39. The molecule has 4 nitrogen and oxygen atoms in total. The first kappa shape index (κ1) is 13.8. The van der Waals surface area contributed by atoms with Crippen LogP contribution in [-0.2, 0) is 0 Å². The summed E-state index contributed by atoms with van der Waals surface area (Å²) < 4.78 is 5.33. The Labute approximate surface area is 126 Å². The van der Waals surface area contributed by atoms with Crippen molar-refractivity contribution in [2.75, 3.05) is 7.11 Å². The Kier molecular flexibility index (Phi) is 3.47. The number of aromatic nitrogens is 2. The molecule has 21 heavy (non-hydrogen) atoms. The van der Waals surface area contributed by atoms with Gasteiger partial charge in [0.1, 0.15) is 5.75 Å². The molecule has 0 aliphatic heterocycles. The van der Waals surface area contributed by atoms with Crippen molar-refractivity contribution in [2.45, 2.75) is 12.3 Å². The molecular formula is C16H15ClN2O2. The van der Waals surface area contributed by atoms with Gasteiger partial charge in [-0.1, -0.05) is 18.2 Å². The topological polar surface area (TPSA) is 57.9 Å². The molecule has 1 atom stereocenters. The molecule has 0 fully saturated rings. The summed E-state index contributed by atoms with van der Waals surface area (Å²) >= 11 is 6.56. The number of alkyl halides is 1. The highest BCUT2D eigenvalue weighted by Gasteiger charge is 2.13. The smallest absolute Gasteiger partial charge is 0.323 e. The molecule has 3 aromatic rings. The molecule has 0 aliphatic rings. The number of nitrogens with one attached hydrogen (secondary N) is 2. The van der Waals surface area contributed by atoms with Crippen LogP contribution in [0.15, 0.2) is 41.2 Å². The molecule has 108 valence electrons. The molecule has 1 heterocycles. The number of fused-ring (bicyclic) bond motifs is 1. The van der Waals surface area contributed by atoms with Gasteiger partial charge in [-0.05, 0) is 41.8 Å². The van der Waals surface area contributed by atoms with E-state index in [0.29, 0.717) is 0 Å². The van der Waals surface area contributed by atoms with Crippen LogP contribution < -0.4 is 10.4 Å². The summed E-state index contributed by atoms with van der Waals surface area (Å²) in [6.07, 6.45) is 0. The maximum absolute atomic E-state index is 11.3. The van der Waals surface area contributed by atoms with E-state index in [0.717, 1.165) is 33.5 Å². The van der Waals surface area contributed by atoms with Crippen LogP contribution in [0.25, 0.3) is 11.0 Å². The van der Waals surface area contributed by atoms with Gasteiger partial charge in [0, 0.05) is 0 Å². The zero-order valence-electron chi connectivity index (χ0n) is 11.7. The lowest BCUT2D eigenvalue weighted by molar-refractivity contribution is 0.411. The number of H-pyrrole nitrogens is 2. The molecule has 0 saturated carbocycles. The summed E-state index contributed by atoms with van der Waals surface area (Å²) in [4.78, 5) is 16.8. The highest BCUT2D eigenvalue weighted by Crippen LogP contribution is 2.33. The zero-order chi connectivity index (χ0) is 15.0. The fraction of sp³-hybridized carbons (Fsp3) is 0.188. The van der Waals surface area contributed by atoms with E-state index in [9.17, 15) is 4.79 Å². The number of hydrogen-bond acceptors (Lipinski definition) is 2. The standard InChI is InChI=1S/C16H15ClN2O2/c1-9-3-4-11(8-14(9)21-2)15(17)10-5-6-12-13(7-10)19-16(20)18-12/h3-8,15H,1-2H3,(H2,18,19,20). The predicted molar refractivity (Wildman–Crippen MR) is 84.3 cm³/mol. The lowest BCUT2D eigenvalue weighted by Gasteiger charge is -2.13. The van der Waals surface area contributed by atoms with Crippen molar-refractivity contribution in [3.8, 4) is 5.75 Å². The molecule has 0 bridgehead atoms. The maximum atomic E-state index is 11.3. The minimum atomic E-state index is -0.303. The summed E-state index contributed by atoms with van der Waals surface area (Å²) in [5.74, 6) is 0.814. The molecule has 1 aromatic heterocycles. The van der Waals surface area contributed by atoms with Crippen LogP contribution in [0.3, 0.4) is 0 Å². The van der Waals surface area contributed by atoms with Gasteiger partial charge in [-0.2, -0.15) is 0 Å². The first-order valence-corrected chi connectivity index (χ1v) is 7.02. The van der Waals surface area contributed by atoms with E-state index >= 15 is 0 Å². The van der Waals surface area contributed by atoms with E-state index in [1.807, 2.05) is 43.3 Å². The largest absolute Gasteiger partial charge is 0.496 e. The van der Waals surface area contributed by atoms with Gasteiger partial charge < -0.3 is 14.7 Å². The van der Waals surface area contributed by atoms with Gasteiger partial charge in [-0.15, -0.1) is 11.6 Å². The van der Waals surface area contributed by atoms with Crippen molar-refractivity contribution in [2.24, 2.45) is 0 Å². The molecule has 0 aliphatic carbocycles. The lowest BCUT2D eigenvalue weighted by atomic mass is 10.0. The quantitative estimate of drug-likeness (QED) is 0.728. The van der Waals surface area contributed by atoms with Gasteiger partial charge in [0.05, 0.1) is 23.5 Å². The van der Waals surface area contributed by atoms with Gasteiger partial charge in [-0.3, -0.25) is 0 Å². The van der Waals surface area contributed by atoms with Crippen molar-refractivity contribution in [3.05, 3.63) is 63.6 Å². The van der Waals surface area contributed by atoms with Crippen LogP contribution in [0.5, 0.6) is 5.75 Å². The molecule has 0 spiro atoms. The van der Waals surface area contributed by atoms with Gasteiger partial charge in [-0.25, -0.2) is 4.79 Å². The number of methoxy groups -OCH3 is 1. The Morgan fingerprint density at radius 1 is 1.05 bits per heavy atom. The van der Waals surface area contributed by atoms with E-state index in [1.54, 1.807) is 7.11 Å². The van der Waals surface area contributed by atoms with Gasteiger partial charge in [0.2, 0.25) is 0 Å². The average Bonchev–Trinajstić information content (AvgIpc) is 2.86. The Morgan fingerprint density at radius 2 is 1.71 bits per heavy atom. The number of imidazole rings is 1. The van der Waals surface area contributed by atoms with Crippen LogP contribution >= 0.6 is 11.6 Å². The highest BCUT2D eigenvalue weighted by atomic mass is 35.5. The number of benzene rings is 2. The molecule has 5 heteroatoms. The average molecular weight is 303 g/mol. The van der Waals surface area contributed by atoms with Crippen molar-refractivity contribution in [1.29, 1.82) is 0 Å². The van der Waals surface area contributed by atoms with E-state index in [1.165, 1.54) is 0 Å². The summed E-state index contributed by atoms with van der Waals surface area (Å²) in [5, 5.41) is -0.303. The Morgan fingerprint density at radius 3 is 2.48 bits per heavy atom. The lowest BCUT2D eigenvalue weighted by Crippen LogP contribution is -1.99. The second-order valence-electron chi connectivity index (χ2n) is 4.98. The number of aromatic amines is 2. The number of rotatable bonds is 3. The van der Waals surface area contributed by atoms with Crippen LogP contribution in [0, 0.1) is 6.92 Å². The summed E-state index contributed by atoms with van der Waals surface area (Å²) in [5.41, 5.74) is 4.25. The van der Waals surface area contributed by atoms with Crippen molar-refractivity contribution >= 4 is 22.6 Å². The zero-order valence-corrected chi connectivity index (χ0v) is 12.5. The van der Waals surface area contributed by atoms with Crippen molar-refractivity contribution in [1.82, 2.24) is 9.97 Å². The van der Waals surface area contributed by atoms with Gasteiger partial charge in [0.25, 0.3) is 0 Å². The Balaban J connectivity index is 2.02. The Bertz CT molecular complexity index is 851. The van der Waals surface area contributed by atoms with E-state index in [4.69, 9.17) is 16.3 Å². The molecule has 2 N–H and O–H groups in total. The second kappa shape index (κ2) is 5.30. The first-order valence-electron chi connectivity index (χ1n) is 6.59. The minimum absolute atomic E-state index is 0.217. The molecule has 0 saturated heterocycles. The number of hydrogen-bond donors (Lipinski definition) is 2. The minimum Gasteiger partial charge on any atom is -0.496 e. The third kappa shape index (κ3) is 2.54. The van der Waals surface area contributed by atoms with Crippen molar-refractivity contribution < 1.29 is 4.74 Å². The van der Waals surface area contributed by atoms with Crippen LogP contribution in [0.2, 0.25) is 0 Å². The van der Waals surface area contributed by atoms with Crippen molar-refractivity contribution in [3.63, 3.8) is 0 Å². The van der Waals surface area contributed by atoms with E-state index in [-0.39, 0.29) is 11.1 Å². The van der Waals surface area contributed by atoms with E-state index < -0.39 is 0 Å². The van der Waals surface area contributed by atoms with Crippen LogP contribution in [-0.4, -0.2) is 17.1 Å². The normalized spacial score (nSPS) is 12.5. The molecule has 1 unspecified atom stereocenters. The van der Waals surface area contributed by atoms with Gasteiger partial charge in [0.15, 0.2) is 0 Å². The summed E-state index contributed by atoms with van der Waals surface area (Å²) in [7, 11) is 1.64. The summed E-state index contributed by atoms with van der Waals surface area (Å²) in [6.45, 7) is 1.99. The predicted octanol–water partition coefficient (Wildman–Crippen LogP) is 3.50. The molecular weight excluding hydrogens is 288 g/mol. The number of aryl methyl sites for hydroxylation is 1. The summed E-state index contributed by atoms with van der Waals surface area (Å²) in [6, 6.07) is 11.6. The van der Waals surface area contributed by atoms with Crippen LogP contribution in [0.1, 0.15) is 22.1 Å². The molecule has 3 rings (SSSR count).